The summed E-state index contributed by atoms with van der Waals surface area (Å²) in [5.41, 5.74) is 2.54. The van der Waals surface area contributed by atoms with Crippen LogP contribution < -0.4 is 5.76 Å². The third kappa shape index (κ3) is 3.92. The number of hydrogen-bond donors (Lipinski definition) is 0. The van der Waals surface area contributed by atoms with Gasteiger partial charge in [0.1, 0.15) is 0 Å². The summed E-state index contributed by atoms with van der Waals surface area (Å²) in [6, 6.07) is 13.5. The molecule has 5 heteroatoms. The molecule has 3 rings (SSSR count). The second-order valence-electron chi connectivity index (χ2n) is 6.44. The number of aromatic nitrogens is 2. The molecule has 126 valence electrons. The topological polar surface area (TPSA) is 51.3 Å². The van der Waals surface area contributed by atoms with E-state index in [1.54, 1.807) is 4.57 Å². The highest BCUT2D eigenvalue weighted by molar-refractivity contribution is 5.72. The van der Waals surface area contributed by atoms with Gasteiger partial charge in [0.2, 0.25) is 0 Å². The predicted molar refractivity (Wildman–Crippen MR) is 94.8 cm³/mol. The van der Waals surface area contributed by atoms with E-state index in [1.165, 1.54) is 0 Å². The molecule has 2 heterocycles. The van der Waals surface area contributed by atoms with Crippen molar-refractivity contribution in [2.45, 2.75) is 26.9 Å². The van der Waals surface area contributed by atoms with E-state index in [0.717, 1.165) is 30.8 Å². The van der Waals surface area contributed by atoms with Gasteiger partial charge >= 0.3 is 5.76 Å². The summed E-state index contributed by atoms with van der Waals surface area (Å²) in [5, 5.41) is 0. The van der Waals surface area contributed by atoms with Crippen LogP contribution in [0, 0.1) is 5.92 Å². The van der Waals surface area contributed by atoms with Crippen molar-refractivity contribution in [3.8, 4) is 0 Å². The highest BCUT2D eigenvalue weighted by atomic mass is 16.4. The molecule has 5 nitrogen and oxygen atoms in total. The number of pyridine rings is 1. The highest BCUT2D eigenvalue weighted by Gasteiger charge is 2.13. The normalized spacial score (nSPS) is 11.7. The Bertz CT molecular complexity index is 836. The van der Waals surface area contributed by atoms with Gasteiger partial charge in [-0.25, -0.2) is 4.79 Å². The van der Waals surface area contributed by atoms with Crippen LogP contribution in [0.3, 0.4) is 0 Å². The molecule has 0 N–H and O–H groups in total. The van der Waals surface area contributed by atoms with Crippen molar-refractivity contribution < 1.29 is 4.42 Å². The number of fused-ring (bicyclic) bond motifs is 1. The summed E-state index contributed by atoms with van der Waals surface area (Å²) in [6.07, 6.45) is 1.82. The van der Waals surface area contributed by atoms with Crippen LogP contribution in [-0.2, 0) is 13.1 Å². The van der Waals surface area contributed by atoms with Gasteiger partial charge in [-0.1, -0.05) is 32.0 Å². The minimum Gasteiger partial charge on any atom is -0.408 e. The SMILES string of the molecule is CC(C)CN(CCn1c(=O)oc2ccccc21)Cc1ccccn1. The van der Waals surface area contributed by atoms with E-state index in [0.29, 0.717) is 18.0 Å². The van der Waals surface area contributed by atoms with Gasteiger partial charge in [0, 0.05) is 32.4 Å². The Hall–Kier alpha value is -2.40. The summed E-state index contributed by atoms with van der Waals surface area (Å²) in [7, 11) is 0. The fourth-order valence-electron chi connectivity index (χ4n) is 2.94. The third-order valence-corrected chi connectivity index (χ3v) is 3.95. The minimum atomic E-state index is -0.293. The Balaban J connectivity index is 1.75. The zero-order valence-electron chi connectivity index (χ0n) is 14.2. The Morgan fingerprint density at radius 3 is 2.71 bits per heavy atom. The molecule has 24 heavy (non-hydrogen) atoms. The molecule has 0 saturated carbocycles. The second kappa shape index (κ2) is 7.45. The Labute approximate surface area is 141 Å². The zero-order chi connectivity index (χ0) is 16.9. The summed E-state index contributed by atoms with van der Waals surface area (Å²) >= 11 is 0. The monoisotopic (exact) mass is 325 g/mol. The number of benzene rings is 1. The van der Waals surface area contributed by atoms with Crippen LogP contribution >= 0.6 is 0 Å². The molecular formula is C19H23N3O2. The smallest absolute Gasteiger partial charge is 0.408 e. The van der Waals surface area contributed by atoms with Gasteiger partial charge in [0.25, 0.3) is 0 Å². The summed E-state index contributed by atoms with van der Waals surface area (Å²) in [6.45, 7) is 7.52. The molecule has 3 aromatic rings. The number of para-hydroxylation sites is 2. The number of nitrogens with zero attached hydrogens (tertiary/aromatic N) is 3. The zero-order valence-corrected chi connectivity index (χ0v) is 14.2. The first kappa shape index (κ1) is 16.5. The van der Waals surface area contributed by atoms with Gasteiger partial charge in [-0.3, -0.25) is 14.5 Å². The number of hydrogen-bond acceptors (Lipinski definition) is 4. The fourth-order valence-corrected chi connectivity index (χ4v) is 2.94. The van der Waals surface area contributed by atoms with Crippen molar-refractivity contribution in [3.63, 3.8) is 0 Å². The van der Waals surface area contributed by atoms with Crippen molar-refractivity contribution in [1.82, 2.24) is 14.5 Å². The van der Waals surface area contributed by atoms with Gasteiger partial charge in [0.05, 0.1) is 11.2 Å². The molecule has 0 bridgehead atoms. The molecule has 0 spiro atoms. The molecule has 0 aliphatic rings. The van der Waals surface area contributed by atoms with Gasteiger partial charge in [0.15, 0.2) is 5.58 Å². The Kier molecular flexibility index (Phi) is 5.11. The highest BCUT2D eigenvalue weighted by Crippen LogP contribution is 2.12. The van der Waals surface area contributed by atoms with Crippen LogP contribution in [0.1, 0.15) is 19.5 Å². The first-order chi connectivity index (χ1) is 11.6. The van der Waals surface area contributed by atoms with E-state index in [4.69, 9.17) is 4.42 Å². The number of rotatable bonds is 7. The molecule has 2 aromatic heterocycles. The molecule has 0 unspecified atom stereocenters. The van der Waals surface area contributed by atoms with E-state index in [9.17, 15) is 4.79 Å². The lowest BCUT2D eigenvalue weighted by atomic mass is 10.2. The largest absolute Gasteiger partial charge is 0.419 e. The van der Waals surface area contributed by atoms with Crippen LogP contribution in [0.5, 0.6) is 0 Å². The summed E-state index contributed by atoms with van der Waals surface area (Å²) in [5.74, 6) is 0.255. The standard InChI is InChI=1S/C19H23N3O2/c1-15(2)13-21(14-16-7-5-6-10-20-16)11-12-22-17-8-3-4-9-18(17)24-19(22)23/h3-10,15H,11-14H2,1-2H3. The fraction of sp³-hybridized carbons (Fsp3) is 0.368. The van der Waals surface area contributed by atoms with E-state index in [1.807, 2.05) is 48.7 Å². The van der Waals surface area contributed by atoms with Gasteiger partial charge < -0.3 is 4.42 Å². The molecule has 0 amide bonds. The maximum atomic E-state index is 12.1. The maximum absolute atomic E-state index is 12.1. The quantitative estimate of drug-likeness (QED) is 0.669. The Morgan fingerprint density at radius 1 is 1.17 bits per heavy atom. The van der Waals surface area contributed by atoms with Crippen molar-refractivity contribution in [3.05, 3.63) is 64.9 Å². The van der Waals surface area contributed by atoms with Crippen LogP contribution in [0.2, 0.25) is 0 Å². The lowest BCUT2D eigenvalue weighted by molar-refractivity contribution is 0.223. The van der Waals surface area contributed by atoms with Gasteiger partial charge in [-0.2, -0.15) is 0 Å². The van der Waals surface area contributed by atoms with Crippen LogP contribution in [-0.4, -0.2) is 27.5 Å². The molecule has 0 saturated heterocycles. The predicted octanol–water partition coefficient (Wildman–Crippen LogP) is 3.15. The van der Waals surface area contributed by atoms with Crippen molar-refractivity contribution in [2.75, 3.05) is 13.1 Å². The molecule has 0 aliphatic carbocycles. The second-order valence-corrected chi connectivity index (χ2v) is 6.44. The summed E-state index contributed by atoms with van der Waals surface area (Å²) < 4.78 is 7.02. The lowest BCUT2D eigenvalue weighted by Gasteiger charge is -2.24. The minimum absolute atomic E-state index is 0.293. The first-order valence-corrected chi connectivity index (χ1v) is 8.34. The van der Waals surface area contributed by atoms with E-state index in [2.05, 4.69) is 23.7 Å². The van der Waals surface area contributed by atoms with E-state index >= 15 is 0 Å². The van der Waals surface area contributed by atoms with Gasteiger partial charge in [-0.05, 0) is 30.2 Å². The molecule has 1 aromatic carbocycles. The van der Waals surface area contributed by atoms with E-state index < -0.39 is 0 Å². The Morgan fingerprint density at radius 2 is 1.96 bits per heavy atom. The first-order valence-electron chi connectivity index (χ1n) is 8.34. The van der Waals surface area contributed by atoms with Crippen molar-refractivity contribution in [2.24, 2.45) is 5.92 Å². The van der Waals surface area contributed by atoms with Crippen molar-refractivity contribution in [1.29, 1.82) is 0 Å². The third-order valence-electron chi connectivity index (χ3n) is 3.95. The molecule has 0 radical (unpaired) electrons. The molecule has 0 atom stereocenters. The van der Waals surface area contributed by atoms with Crippen LogP contribution in [0.25, 0.3) is 11.1 Å². The van der Waals surface area contributed by atoms with Gasteiger partial charge in [-0.15, -0.1) is 0 Å². The van der Waals surface area contributed by atoms with Crippen molar-refractivity contribution >= 4 is 11.1 Å². The molecule has 0 fully saturated rings. The summed E-state index contributed by atoms with van der Waals surface area (Å²) in [4.78, 5) is 18.8. The average Bonchev–Trinajstić information content (AvgIpc) is 2.88. The number of oxazole rings is 1. The average molecular weight is 325 g/mol. The van der Waals surface area contributed by atoms with Crippen LogP contribution in [0.4, 0.5) is 0 Å². The van der Waals surface area contributed by atoms with E-state index in [-0.39, 0.29) is 5.76 Å². The molecular weight excluding hydrogens is 302 g/mol. The molecule has 0 aliphatic heterocycles. The maximum Gasteiger partial charge on any atom is 0.419 e. The lowest BCUT2D eigenvalue weighted by Crippen LogP contribution is -2.32. The van der Waals surface area contributed by atoms with Crippen LogP contribution in [0.15, 0.2) is 57.9 Å².